The number of ether oxygens (including phenoxy) is 1. The van der Waals surface area contributed by atoms with Crippen molar-refractivity contribution in [2.45, 2.75) is 18.9 Å². The number of hydrogen-bond donors (Lipinski definition) is 2. The Morgan fingerprint density at radius 1 is 1.57 bits per heavy atom. The molecule has 1 unspecified atom stereocenters. The molecule has 0 aromatic heterocycles. The molecule has 0 aromatic rings. The second kappa shape index (κ2) is 5.65. The van der Waals surface area contributed by atoms with Gasteiger partial charge in [-0.3, -0.25) is 0 Å². The van der Waals surface area contributed by atoms with Gasteiger partial charge in [-0.25, -0.2) is 13.1 Å². The molecule has 14 heavy (non-hydrogen) atoms. The Kier molecular flexibility index (Phi) is 4.80. The summed E-state index contributed by atoms with van der Waals surface area (Å²) < 4.78 is 29.4. The van der Waals surface area contributed by atoms with Crippen molar-refractivity contribution < 1.29 is 13.2 Å². The summed E-state index contributed by atoms with van der Waals surface area (Å²) in [5, 5.41) is 3.23. The van der Waals surface area contributed by atoms with E-state index in [1.165, 1.54) is 6.26 Å². The van der Waals surface area contributed by atoms with Crippen LogP contribution in [0.2, 0.25) is 0 Å². The lowest BCUT2D eigenvalue weighted by atomic mass is 10.2. The van der Waals surface area contributed by atoms with E-state index in [-0.39, 0.29) is 6.10 Å². The second-order valence-corrected chi connectivity index (χ2v) is 5.34. The van der Waals surface area contributed by atoms with Gasteiger partial charge in [-0.05, 0) is 12.8 Å². The highest BCUT2D eigenvalue weighted by molar-refractivity contribution is 7.88. The van der Waals surface area contributed by atoms with Gasteiger partial charge in [-0.2, -0.15) is 0 Å². The summed E-state index contributed by atoms with van der Waals surface area (Å²) in [4.78, 5) is 0. The van der Waals surface area contributed by atoms with E-state index in [4.69, 9.17) is 4.74 Å². The Morgan fingerprint density at radius 3 is 2.93 bits per heavy atom. The van der Waals surface area contributed by atoms with Gasteiger partial charge in [-0.1, -0.05) is 0 Å². The third kappa shape index (κ3) is 5.54. The predicted molar refractivity (Wildman–Crippen MR) is 54.7 cm³/mol. The number of hydrogen-bond acceptors (Lipinski definition) is 4. The summed E-state index contributed by atoms with van der Waals surface area (Å²) in [6.07, 6.45) is 3.13. The summed E-state index contributed by atoms with van der Waals surface area (Å²) in [7, 11) is -3.03. The van der Waals surface area contributed by atoms with Crippen molar-refractivity contribution in [2.24, 2.45) is 0 Å². The number of nitrogens with one attached hydrogen (secondary N) is 2. The molecule has 1 saturated heterocycles. The fraction of sp³-hybridized carbons (Fsp3) is 1.00. The standard InChI is InChI=1S/C8H18N2O3S/c1-14(11,12)10-4-2-3-8-7-9-5-6-13-8/h8-10H,2-7H2,1H3. The van der Waals surface area contributed by atoms with E-state index in [1.54, 1.807) is 0 Å². The van der Waals surface area contributed by atoms with Gasteiger partial charge in [0.05, 0.1) is 19.0 Å². The van der Waals surface area contributed by atoms with Crippen LogP contribution in [0.1, 0.15) is 12.8 Å². The van der Waals surface area contributed by atoms with Crippen LogP contribution in [0.3, 0.4) is 0 Å². The highest BCUT2D eigenvalue weighted by Crippen LogP contribution is 2.03. The lowest BCUT2D eigenvalue weighted by molar-refractivity contribution is 0.0227. The highest BCUT2D eigenvalue weighted by atomic mass is 32.2. The molecule has 1 aliphatic heterocycles. The van der Waals surface area contributed by atoms with E-state index < -0.39 is 10.0 Å². The average Bonchev–Trinajstić information content (AvgIpc) is 2.13. The SMILES string of the molecule is CS(=O)(=O)NCCCC1CNCCO1. The largest absolute Gasteiger partial charge is 0.376 e. The summed E-state index contributed by atoms with van der Waals surface area (Å²) in [5.41, 5.74) is 0. The Labute approximate surface area is 85.3 Å². The van der Waals surface area contributed by atoms with Crippen LogP contribution in [-0.4, -0.2) is 47.0 Å². The number of rotatable bonds is 5. The molecule has 1 aliphatic rings. The fourth-order valence-corrected chi connectivity index (χ4v) is 1.91. The van der Waals surface area contributed by atoms with Gasteiger partial charge in [0.2, 0.25) is 10.0 Å². The lowest BCUT2D eigenvalue weighted by Crippen LogP contribution is -2.38. The zero-order chi connectivity index (χ0) is 10.4. The minimum absolute atomic E-state index is 0.241. The van der Waals surface area contributed by atoms with Crippen LogP contribution in [0.4, 0.5) is 0 Å². The summed E-state index contributed by atoms with van der Waals surface area (Å²) in [6, 6.07) is 0. The van der Waals surface area contributed by atoms with Gasteiger partial charge < -0.3 is 10.1 Å². The molecule has 0 bridgehead atoms. The lowest BCUT2D eigenvalue weighted by Gasteiger charge is -2.23. The Bertz CT molecular complexity index is 247. The third-order valence-corrected chi connectivity index (χ3v) is 2.80. The van der Waals surface area contributed by atoms with Gasteiger partial charge in [0, 0.05) is 19.6 Å². The van der Waals surface area contributed by atoms with E-state index in [0.29, 0.717) is 6.54 Å². The van der Waals surface area contributed by atoms with Crippen molar-refractivity contribution in [3.05, 3.63) is 0 Å². The smallest absolute Gasteiger partial charge is 0.208 e. The molecule has 6 heteroatoms. The van der Waals surface area contributed by atoms with Crippen molar-refractivity contribution in [3.63, 3.8) is 0 Å². The van der Waals surface area contributed by atoms with Crippen LogP contribution < -0.4 is 10.0 Å². The minimum Gasteiger partial charge on any atom is -0.376 e. The van der Waals surface area contributed by atoms with E-state index in [0.717, 1.165) is 32.5 Å². The maximum atomic E-state index is 10.7. The first-order valence-corrected chi connectivity index (χ1v) is 6.74. The Morgan fingerprint density at radius 2 is 2.36 bits per heavy atom. The summed E-state index contributed by atoms with van der Waals surface area (Å²) >= 11 is 0. The molecular weight excluding hydrogens is 204 g/mol. The number of sulfonamides is 1. The molecule has 1 fully saturated rings. The van der Waals surface area contributed by atoms with Gasteiger partial charge in [0.15, 0.2) is 0 Å². The Balaban J connectivity index is 2.03. The highest BCUT2D eigenvalue weighted by Gasteiger charge is 2.12. The van der Waals surface area contributed by atoms with Crippen LogP contribution in [-0.2, 0) is 14.8 Å². The van der Waals surface area contributed by atoms with Crippen LogP contribution in [0.5, 0.6) is 0 Å². The Hall–Kier alpha value is -0.170. The van der Waals surface area contributed by atoms with Crippen LogP contribution >= 0.6 is 0 Å². The monoisotopic (exact) mass is 222 g/mol. The van der Waals surface area contributed by atoms with Crippen molar-refractivity contribution >= 4 is 10.0 Å². The van der Waals surface area contributed by atoms with Crippen molar-refractivity contribution in [3.8, 4) is 0 Å². The molecule has 1 heterocycles. The molecule has 0 aliphatic carbocycles. The normalized spacial score (nSPS) is 23.6. The molecule has 0 saturated carbocycles. The maximum absolute atomic E-state index is 10.7. The molecule has 5 nitrogen and oxygen atoms in total. The minimum atomic E-state index is -3.03. The molecule has 0 radical (unpaired) electrons. The maximum Gasteiger partial charge on any atom is 0.208 e. The van der Waals surface area contributed by atoms with Crippen molar-refractivity contribution in [1.82, 2.24) is 10.0 Å². The molecular formula is C8H18N2O3S. The summed E-state index contributed by atoms with van der Waals surface area (Å²) in [6.45, 7) is 3.04. The molecule has 84 valence electrons. The predicted octanol–water partition coefficient (Wildman–Crippen LogP) is -0.696. The van der Waals surface area contributed by atoms with E-state index in [1.807, 2.05) is 0 Å². The van der Waals surface area contributed by atoms with Crippen LogP contribution in [0.15, 0.2) is 0 Å². The third-order valence-electron chi connectivity index (χ3n) is 2.07. The van der Waals surface area contributed by atoms with Crippen LogP contribution in [0.25, 0.3) is 0 Å². The first-order chi connectivity index (χ1) is 6.58. The molecule has 2 N–H and O–H groups in total. The number of morpholine rings is 1. The molecule has 0 aromatic carbocycles. The second-order valence-electron chi connectivity index (χ2n) is 3.51. The summed E-state index contributed by atoms with van der Waals surface area (Å²) in [5.74, 6) is 0. The van der Waals surface area contributed by atoms with Crippen molar-refractivity contribution in [2.75, 3.05) is 32.5 Å². The fourth-order valence-electron chi connectivity index (χ4n) is 1.39. The van der Waals surface area contributed by atoms with E-state index >= 15 is 0 Å². The van der Waals surface area contributed by atoms with Gasteiger partial charge in [-0.15, -0.1) is 0 Å². The first kappa shape index (κ1) is 11.9. The van der Waals surface area contributed by atoms with Crippen LogP contribution in [0, 0.1) is 0 Å². The molecule has 0 spiro atoms. The van der Waals surface area contributed by atoms with E-state index in [9.17, 15) is 8.42 Å². The quantitative estimate of drug-likeness (QED) is 0.604. The van der Waals surface area contributed by atoms with Crippen molar-refractivity contribution in [1.29, 1.82) is 0 Å². The first-order valence-electron chi connectivity index (χ1n) is 4.85. The van der Waals surface area contributed by atoms with Gasteiger partial charge in [0.1, 0.15) is 0 Å². The molecule has 1 rings (SSSR count). The zero-order valence-electron chi connectivity index (χ0n) is 8.45. The van der Waals surface area contributed by atoms with E-state index in [2.05, 4.69) is 10.0 Å². The zero-order valence-corrected chi connectivity index (χ0v) is 9.27. The topological polar surface area (TPSA) is 67.4 Å². The molecule has 0 amide bonds. The average molecular weight is 222 g/mol. The molecule has 1 atom stereocenters. The van der Waals surface area contributed by atoms with Gasteiger partial charge in [0.25, 0.3) is 0 Å². The van der Waals surface area contributed by atoms with Gasteiger partial charge >= 0.3 is 0 Å².